The summed E-state index contributed by atoms with van der Waals surface area (Å²) in [7, 11) is 0. The van der Waals surface area contributed by atoms with Crippen LogP contribution in [0.3, 0.4) is 0 Å². The molecule has 0 saturated carbocycles. The first-order chi connectivity index (χ1) is 14.8. The molecule has 5 nitrogen and oxygen atoms in total. The zero-order valence-corrected chi connectivity index (χ0v) is 17.4. The maximum atomic E-state index is 13.2. The number of ketones is 1. The number of phenolic OH excluding ortho intramolecular Hbond substituents is 1. The highest BCUT2D eigenvalue weighted by molar-refractivity contribution is 6.50. The molecular formula is C23H15Cl2FN2O3. The number of anilines is 1. The highest BCUT2D eigenvalue weighted by atomic mass is 35.5. The number of fused-ring (bicyclic) bond motifs is 1. The van der Waals surface area contributed by atoms with Crippen LogP contribution in [-0.4, -0.2) is 21.4 Å². The average Bonchev–Trinajstić information content (AvgIpc) is 3.11. The lowest BCUT2D eigenvalue weighted by atomic mass is 10.1. The Morgan fingerprint density at radius 3 is 2.29 bits per heavy atom. The minimum Gasteiger partial charge on any atom is -0.506 e. The second kappa shape index (κ2) is 8.41. The largest absolute Gasteiger partial charge is 0.506 e. The number of halogens is 3. The van der Waals surface area contributed by atoms with E-state index in [-0.39, 0.29) is 39.4 Å². The summed E-state index contributed by atoms with van der Waals surface area (Å²) in [5, 5.41) is 13.7. The van der Waals surface area contributed by atoms with Gasteiger partial charge in [-0.3, -0.25) is 9.59 Å². The van der Waals surface area contributed by atoms with Crippen molar-refractivity contribution in [2.24, 2.45) is 0 Å². The summed E-state index contributed by atoms with van der Waals surface area (Å²) >= 11 is 12.1. The van der Waals surface area contributed by atoms with Crippen LogP contribution in [0.2, 0.25) is 10.0 Å². The quantitative estimate of drug-likeness (QED) is 0.300. The van der Waals surface area contributed by atoms with Gasteiger partial charge in [0.25, 0.3) is 11.7 Å². The molecule has 0 bridgehead atoms. The molecule has 0 fully saturated rings. The number of nitrogens with one attached hydrogen (secondary N) is 1. The van der Waals surface area contributed by atoms with Gasteiger partial charge in [0.1, 0.15) is 11.6 Å². The standard InChI is InChI=1S/C23H15Cl2FN2O3/c24-17-4-2-5-18(25)20(17)27-23(31)22(30)16-12-28(11-13-7-9-14(26)10-8-13)21-15(16)3-1-6-19(21)29/h1-10,12,29H,11H2,(H,27,31). The third-order valence-electron chi connectivity index (χ3n) is 4.80. The lowest BCUT2D eigenvalue weighted by molar-refractivity contribution is -0.112. The number of rotatable bonds is 5. The predicted octanol–water partition coefficient (Wildman–Crippen LogP) is 5.66. The van der Waals surface area contributed by atoms with E-state index in [0.717, 1.165) is 5.56 Å². The van der Waals surface area contributed by atoms with Crippen molar-refractivity contribution in [1.82, 2.24) is 4.57 Å². The molecule has 8 heteroatoms. The van der Waals surface area contributed by atoms with Gasteiger partial charge in [-0.05, 0) is 35.9 Å². The molecule has 0 radical (unpaired) electrons. The van der Waals surface area contributed by atoms with E-state index in [1.165, 1.54) is 24.4 Å². The number of nitrogens with zero attached hydrogens (tertiary/aromatic N) is 1. The first kappa shape index (κ1) is 20.9. The van der Waals surface area contributed by atoms with Gasteiger partial charge < -0.3 is 15.0 Å². The summed E-state index contributed by atoms with van der Waals surface area (Å²) in [5.41, 5.74) is 1.39. The van der Waals surface area contributed by atoms with Gasteiger partial charge in [-0.1, -0.05) is 53.5 Å². The van der Waals surface area contributed by atoms with Gasteiger partial charge in [0.15, 0.2) is 0 Å². The molecule has 1 heterocycles. The Morgan fingerprint density at radius 1 is 0.968 bits per heavy atom. The molecule has 31 heavy (non-hydrogen) atoms. The Bertz CT molecular complexity index is 1300. The summed E-state index contributed by atoms with van der Waals surface area (Å²) in [6.07, 6.45) is 1.49. The maximum Gasteiger partial charge on any atom is 0.296 e. The molecular weight excluding hydrogens is 442 g/mol. The van der Waals surface area contributed by atoms with Crippen LogP contribution in [0.5, 0.6) is 5.75 Å². The molecule has 156 valence electrons. The number of benzene rings is 3. The minimum absolute atomic E-state index is 0.0479. The average molecular weight is 457 g/mol. The van der Waals surface area contributed by atoms with Crippen molar-refractivity contribution in [2.45, 2.75) is 6.54 Å². The van der Waals surface area contributed by atoms with Gasteiger partial charge in [0.05, 0.1) is 26.8 Å². The van der Waals surface area contributed by atoms with E-state index in [4.69, 9.17) is 23.2 Å². The zero-order valence-electron chi connectivity index (χ0n) is 15.9. The summed E-state index contributed by atoms with van der Waals surface area (Å²) in [6.45, 7) is 0.263. The number of carbonyl (C=O) groups is 2. The fourth-order valence-corrected chi connectivity index (χ4v) is 3.83. The van der Waals surface area contributed by atoms with E-state index in [0.29, 0.717) is 10.9 Å². The summed E-state index contributed by atoms with van der Waals surface area (Å²) in [5.74, 6) is -2.15. The van der Waals surface area contributed by atoms with E-state index >= 15 is 0 Å². The van der Waals surface area contributed by atoms with Gasteiger partial charge in [-0.15, -0.1) is 0 Å². The molecule has 0 atom stereocenters. The van der Waals surface area contributed by atoms with Crippen LogP contribution in [-0.2, 0) is 11.3 Å². The van der Waals surface area contributed by atoms with E-state index in [1.807, 2.05) is 0 Å². The molecule has 1 amide bonds. The fraction of sp³-hybridized carbons (Fsp3) is 0.0435. The van der Waals surface area contributed by atoms with Crippen molar-refractivity contribution >= 4 is 51.5 Å². The van der Waals surface area contributed by atoms with E-state index in [1.54, 1.807) is 47.0 Å². The number of phenols is 1. The monoisotopic (exact) mass is 456 g/mol. The van der Waals surface area contributed by atoms with Crippen LogP contribution >= 0.6 is 23.2 Å². The maximum absolute atomic E-state index is 13.2. The van der Waals surface area contributed by atoms with Crippen LogP contribution in [0.4, 0.5) is 10.1 Å². The Hall–Kier alpha value is -3.35. The van der Waals surface area contributed by atoms with Crippen molar-refractivity contribution in [3.05, 3.63) is 93.8 Å². The van der Waals surface area contributed by atoms with Crippen LogP contribution < -0.4 is 5.32 Å². The molecule has 0 unspecified atom stereocenters. The Morgan fingerprint density at radius 2 is 1.61 bits per heavy atom. The van der Waals surface area contributed by atoms with Crippen LogP contribution in [0.15, 0.2) is 66.9 Å². The highest BCUT2D eigenvalue weighted by Gasteiger charge is 2.24. The van der Waals surface area contributed by atoms with Crippen LogP contribution in [0, 0.1) is 5.82 Å². The number of para-hydroxylation sites is 2. The molecule has 0 aliphatic rings. The van der Waals surface area contributed by atoms with E-state index in [2.05, 4.69) is 5.32 Å². The first-order valence-corrected chi connectivity index (χ1v) is 9.95. The number of Topliss-reactive ketones (excluding diaryl/α,β-unsaturated/α-hetero) is 1. The van der Waals surface area contributed by atoms with Crippen molar-refractivity contribution in [3.63, 3.8) is 0 Å². The molecule has 0 spiro atoms. The molecule has 4 rings (SSSR count). The van der Waals surface area contributed by atoms with Gasteiger partial charge in [-0.2, -0.15) is 0 Å². The van der Waals surface area contributed by atoms with E-state index < -0.39 is 11.7 Å². The van der Waals surface area contributed by atoms with Crippen LogP contribution in [0.1, 0.15) is 15.9 Å². The number of aromatic nitrogens is 1. The normalized spacial score (nSPS) is 10.9. The smallest absolute Gasteiger partial charge is 0.296 e. The molecule has 2 N–H and O–H groups in total. The number of aromatic hydroxyl groups is 1. The SMILES string of the molecule is O=C(Nc1c(Cl)cccc1Cl)C(=O)c1cn(Cc2ccc(F)cc2)c2c(O)cccc12. The lowest BCUT2D eigenvalue weighted by Crippen LogP contribution is -2.23. The number of hydrogen-bond acceptors (Lipinski definition) is 3. The minimum atomic E-state index is -0.917. The van der Waals surface area contributed by atoms with Crippen molar-refractivity contribution in [1.29, 1.82) is 0 Å². The zero-order chi connectivity index (χ0) is 22.1. The molecule has 1 aromatic heterocycles. The van der Waals surface area contributed by atoms with Gasteiger partial charge in [0, 0.05) is 18.1 Å². The lowest BCUT2D eigenvalue weighted by Gasteiger charge is -2.08. The Balaban J connectivity index is 1.72. The van der Waals surface area contributed by atoms with Crippen LogP contribution in [0.25, 0.3) is 10.9 Å². The molecule has 4 aromatic rings. The van der Waals surface area contributed by atoms with E-state index in [9.17, 15) is 19.1 Å². The number of amides is 1. The van der Waals surface area contributed by atoms with Gasteiger partial charge in [0.2, 0.25) is 0 Å². The molecule has 3 aromatic carbocycles. The van der Waals surface area contributed by atoms with Gasteiger partial charge in [-0.25, -0.2) is 4.39 Å². The second-order valence-electron chi connectivity index (χ2n) is 6.85. The second-order valence-corrected chi connectivity index (χ2v) is 7.66. The topological polar surface area (TPSA) is 71.3 Å². The number of hydrogen-bond donors (Lipinski definition) is 2. The van der Waals surface area contributed by atoms with Crippen molar-refractivity contribution < 1.29 is 19.1 Å². The molecule has 0 aliphatic heterocycles. The van der Waals surface area contributed by atoms with Crippen molar-refractivity contribution in [2.75, 3.05) is 5.32 Å². The molecule has 0 aliphatic carbocycles. The third kappa shape index (κ3) is 4.13. The van der Waals surface area contributed by atoms with Gasteiger partial charge >= 0.3 is 0 Å². The summed E-state index contributed by atoms with van der Waals surface area (Å²) < 4.78 is 14.9. The number of carbonyl (C=O) groups excluding carboxylic acids is 2. The third-order valence-corrected chi connectivity index (χ3v) is 5.43. The Kier molecular flexibility index (Phi) is 5.67. The molecule has 0 saturated heterocycles. The Labute approximate surface area is 186 Å². The predicted molar refractivity (Wildman–Crippen MR) is 119 cm³/mol. The summed E-state index contributed by atoms with van der Waals surface area (Å²) in [6, 6.07) is 15.3. The summed E-state index contributed by atoms with van der Waals surface area (Å²) in [4.78, 5) is 25.6. The highest BCUT2D eigenvalue weighted by Crippen LogP contribution is 2.32. The fourth-order valence-electron chi connectivity index (χ4n) is 3.34. The van der Waals surface area contributed by atoms with Crippen molar-refractivity contribution in [3.8, 4) is 5.75 Å². The first-order valence-electron chi connectivity index (χ1n) is 9.20.